The van der Waals surface area contributed by atoms with Gasteiger partial charge in [-0.3, -0.25) is 5.32 Å². The van der Waals surface area contributed by atoms with Gasteiger partial charge in [-0.1, -0.05) is 11.3 Å². The Bertz CT molecular complexity index is 764. The highest BCUT2D eigenvalue weighted by atomic mass is 32.1. The van der Waals surface area contributed by atoms with Crippen molar-refractivity contribution in [3.05, 3.63) is 22.8 Å². The molecule has 1 aliphatic heterocycles. The van der Waals surface area contributed by atoms with Gasteiger partial charge >= 0.3 is 6.03 Å². The van der Waals surface area contributed by atoms with Crippen molar-refractivity contribution >= 4 is 28.2 Å². The summed E-state index contributed by atoms with van der Waals surface area (Å²) in [6, 6.07) is 1.70. The summed E-state index contributed by atoms with van der Waals surface area (Å²) in [6.45, 7) is 4.01. The van der Waals surface area contributed by atoms with Crippen LogP contribution in [-0.2, 0) is 13.0 Å². The molecule has 2 aromatic rings. The first kappa shape index (κ1) is 17.3. The molecule has 3 heterocycles. The van der Waals surface area contributed by atoms with Crippen LogP contribution < -0.4 is 25.0 Å². The number of methoxy groups -OCH3 is 2. The second-order valence-corrected chi connectivity index (χ2v) is 6.53. The molecule has 0 saturated heterocycles. The highest BCUT2D eigenvalue weighted by Crippen LogP contribution is 2.33. The predicted molar refractivity (Wildman–Crippen MR) is 96.9 cm³/mol. The molecular formula is C16H21N5O3S. The Morgan fingerprint density at radius 2 is 2.24 bits per heavy atom. The summed E-state index contributed by atoms with van der Waals surface area (Å²) in [4.78, 5) is 23.8. The largest absolute Gasteiger partial charge is 0.491 e. The number of thiazole rings is 1. The summed E-state index contributed by atoms with van der Waals surface area (Å²) in [5, 5.41) is 6.11. The number of nitrogens with zero attached hydrogens (tertiary/aromatic N) is 3. The van der Waals surface area contributed by atoms with Gasteiger partial charge in [-0.25, -0.2) is 14.8 Å². The number of urea groups is 1. The Morgan fingerprint density at radius 1 is 1.40 bits per heavy atom. The van der Waals surface area contributed by atoms with Gasteiger partial charge in [0.2, 0.25) is 0 Å². The van der Waals surface area contributed by atoms with E-state index in [0.717, 1.165) is 35.8 Å². The lowest BCUT2D eigenvalue weighted by atomic mass is 10.1. The Labute approximate surface area is 150 Å². The van der Waals surface area contributed by atoms with Crippen molar-refractivity contribution in [1.82, 2.24) is 15.3 Å². The molecule has 0 aromatic carbocycles. The Balaban J connectivity index is 1.75. The van der Waals surface area contributed by atoms with Gasteiger partial charge in [0.25, 0.3) is 5.88 Å². The fourth-order valence-corrected chi connectivity index (χ4v) is 3.68. The van der Waals surface area contributed by atoms with E-state index in [1.165, 1.54) is 11.3 Å². The summed E-state index contributed by atoms with van der Waals surface area (Å²) in [7, 11) is 3.17. The van der Waals surface area contributed by atoms with Gasteiger partial charge in [-0.05, 0) is 6.92 Å². The van der Waals surface area contributed by atoms with E-state index in [2.05, 4.69) is 25.5 Å². The zero-order valence-corrected chi connectivity index (χ0v) is 15.3. The number of fused-ring (bicyclic) bond motifs is 1. The molecule has 2 aromatic heterocycles. The Kier molecular flexibility index (Phi) is 5.22. The molecule has 25 heavy (non-hydrogen) atoms. The number of pyridine rings is 1. The zero-order valence-electron chi connectivity index (χ0n) is 14.5. The quantitative estimate of drug-likeness (QED) is 0.847. The molecule has 3 rings (SSSR count). The van der Waals surface area contributed by atoms with Crippen molar-refractivity contribution in [2.75, 3.05) is 37.5 Å². The topological polar surface area (TPSA) is 88.6 Å². The van der Waals surface area contributed by atoms with Crippen LogP contribution in [0.15, 0.2) is 12.3 Å². The number of rotatable bonds is 5. The van der Waals surface area contributed by atoms with E-state index in [1.54, 1.807) is 20.4 Å². The number of carbonyl (C=O) groups is 1. The van der Waals surface area contributed by atoms with Crippen molar-refractivity contribution < 1.29 is 14.3 Å². The molecule has 2 amide bonds. The molecule has 0 radical (unpaired) electrons. The van der Waals surface area contributed by atoms with Crippen LogP contribution in [0.25, 0.3) is 0 Å². The highest BCUT2D eigenvalue weighted by Gasteiger charge is 2.22. The van der Waals surface area contributed by atoms with Gasteiger partial charge in [0.1, 0.15) is 0 Å². The third-order valence-electron chi connectivity index (χ3n) is 3.87. The third kappa shape index (κ3) is 3.76. The second kappa shape index (κ2) is 7.56. The number of hydrogen-bond donors (Lipinski definition) is 2. The van der Waals surface area contributed by atoms with Gasteiger partial charge in [-0.2, -0.15) is 0 Å². The number of amides is 2. The molecule has 134 valence electrons. The number of aromatic nitrogens is 2. The molecule has 8 nitrogen and oxygen atoms in total. The number of carbonyl (C=O) groups excluding carboxylic acids is 1. The first-order valence-electron chi connectivity index (χ1n) is 8.01. The van der Waals surface area contributed by atoms with Crippen LogP contribution in [0.2, 0.25) is 0 Å². The number of nitrogens with one attached hydrogen (secondary N) is 2. The van der Waals surface area contributed by atoms with E-state index in [9.17, 15) is 4.79 Å². The van der Waals surface area contributed by atoms with Crippen LogP contribution in [0.4, 0.5) is 15.6 Å². The molecule has 0 unspecified atom stereocenters. The third-order valence-corrected chi connectivity index (χ3v) is 4.87. The van der Waals surface area contributed by atoms with Crippen molar-refractivity contribution in [2.45, 2.75) is 19.9 Å². The molecular weight excluding hydrogens is 342 g/mol. The van der Waals surface area contributed by atoms with E-state index in [-0.39, 0.29) is 6.03 Å². The molecule has 2 N–H and O–H groups in total. The highest BCUT2D eigenvalue weighted by molar-refractivity contribution is 7.15. The van der Waals surface area contributed by atoms with Gasteiger partial charge in [-0.15, -0.1) is 0 Å². The number of ether oxygens (including phenoxy) is 2. The minimum absolute atomic E-state index is 0.227. The molecule has 0 spiro atoms. The van der Waals surface area contributed by atoms with Crippen LogP contribution in [0, 0.1) is 0 Å². The van der Waals surface area contributed by atoms with Crippen molar-refractivity contribution in [1.29, 1.82) is 0 Å². The molecule has 1 aliphatic rings. The summed E-state index contributed by atoms with van der Waals surface area (Å²) in [5.74, 6) is 1.07. The minimum atomic E-state index is -0.227. The summed E-state index contributed by atoms with van der Waals surface area (Å²) < 4.78 is 10.5. The number of hydrogen-bond acceptors (Lipinski definition) is 7. The fourth-order valence-electron chi connectivity index (χ4n) is 2.67. The van der Waals surface area contributed by atoms with Crippen LogP contribution in [-0.4, -0.2) is 43.3 Å². The Morgan fingerprint density at radius 3 is 2.96 bits per heavy atom. The van der Waals surface area contributed by atoms with Crippen LogP contribution in [0.1, 0.15) is 17.5 Å². The van der Waals surface area contributed by atoms with Crippen LogP contribution in [0.5, 0.6) is 11.6 Å². The average Bonchev–Trinajstić information content (AvgIpc) is 3.02. The SMILES string of the molecule is CCNC(=O)Nc1nc2c(s1)CN(c1cnc(OC)c(OC)c1)CC2. The minimum Gasteiger partial charge on any atom is -0.491 e. The summed E-state index contributed by atoms with van der Waals surface area (Å²) in [6.07, 6.45) is 2.60. The van der Waals surface area contributed by atoms with Crippen LogP contribution in [0.3, 0.4) is 0 Å². The van der Waals surface area contributed by atoms with Gasteiger partial charge < -0.3 is 19.7 Å². The average molecular weight is 363 g/mol. The maximum Gasteiger partial charge on any atom is 0.321 e. The normalized spacial score (nSPS) is 13.2. The standard InChI is InChI=1S/C16H21N5O3S/c1-4-17-15(22)20-16-19-11-5-6-21(9-13(11)25-16)10-7-12(23-2)14(24-3)18-8-10/h7-8H,4-6,9H2,1-3H3,(H2,17,19,20,22). The lowest BCUT2D eigenvalue weighted by Gasteiger charge is -2.28. The maximum atomic E-state index is 11.6. The second-order valence-electron chi connectivity index (χ2n) is 5.45. The number of anilines is 2. The summed E-state index contributed by atoms with van der Waals surface area (Å²) in [5.41, 5.74) is 2.01. The van der Waals surface area contributed by atoms with E-state index in [1.807, 2.05) is 13.0 Å². The van der Waals surface area contributed by atoms with E-state index >= 15 is 0 Å². The zero-order chi connectivity index (χ0) is 17.8. The first-order chi connectivity index (χ1) is 12.1. The van der Waals surface area contributed by atoms with E-state index < -0.39 is 0 Å². The van der Waals surface area contributed by atoms with Crippen LogP contribution >= 0.6 is 11.3 Å². The van der Waals surface area contributed by atoms with E-state index in [0.29, 0.717) is 23.3 Å². The Hall–Kier alpha value is -2.55. The lowest BCUT2D eigenvalue weighted by Crippen LogP contribution is -2.29. The lowest BCUT2D eigenvalue weighted by molar-refractivity contribution is 0.252. The van der Waals surface area contributed by atoms with Crippen molar-refractivity contribution in [3.8, 4) is 11.6 Å². The predicted octanol–water partition coefficient (Wildman–Crippen LogP) is 2.26. The van der Waals surface area contributed by atoms with Gasteiger partial charge in [0.15, 0.2) is 10.9 Å². The molecule has 0 bridgehead atoms. The van der Waals surface area contributed by atoms with Gasteiger partial charge in [0.05, 0.1) is 38.3 Å². The molecule has 0 atom stereocenters. The fraction of sp³-hybridized carbons (Fsp3) is 0.438. The molecule has 9 heteroatoms. The van der Waals surface area contributed by atoms with Gasteiger partial charge in [0, 0.05) is 30.5 Å². The first-order valence-corrected chi connectivity index (χ1v) is 8.82. The molecule has 0 fully saturated rings. The summed E-state index contributed by atoms with van der Waals surface area (Å²) >= 11 is 1.50. The maximum absolute atomic E-state index is 11.6. The smallest absolute Gasteiger partial charge is 0.321 e. The molecule has 0 aliphatic carbocycles. The van der Waals surface area contributed by atoms with E-state index in [4.69, 9.17) is 9.47 Å². The molecule has 0 saturated carbocycles. The van der Waals surface area contributed by atoms with Crippen molar-refractivity contribution in [2.24, 2.45) is 0 Å². The van der Waals surface area contributed by atoms with Crippen molar-refractivity contribution in [3.63, 3.8) is 0 Å². The monoisotopic (exact) mass is 363 g/mol.